The van der Waals surface area contributed by atoms with Crippen LogP contribution in [0.4, 0.5) is 17.1 Å². The summed E-state index contributed by atoms with van der Waals surface area (Å²) >= 11 is 2.22. The normalized spacial score (nSPS) is 18.9. The number of fused-ring (bicyclic) bond motifs is 3. The molecule has 0 saturated carbocycles. The van der Waals surface area contributed by atoms with Gasteiger partial charge < -0.3 is 14.8 Å². The van der Waals surface area contributed by atoms with Crippen molar-refractivity contribution in [3.63, 3.8) is 0 Å². The molecule has 0 unspecified atom stereocenters. The third kappa shape index (κ3) is 5.69. The van der Waals surface area contributed by atoms with Gasteiger partial charge in [-0.1, -0.05) is 42.5 Å². The van der Waals surface area contributed by atoms with Crippen molar-refractivity contribution in [3.8, 4) is 11.5 Å². The number of anilines is 1. The molecule has 0 radical (unpaired) electrons. The molecule has 4 aromatic carbocycles. The number of ether oxygens (including phenoxy) is 2. The lowest BCUT2D eigenvalue weighted by Gasteiger charge is -2.37. The molecule has 206 valence electrons. The predicted octanol–water partition coefficient (Wildman–Crippen LogP) is 8.36. The summed E-state index contributed by atoms with van der Waals surface area (Å²) in [6, 6.07) is 27.6. The van der Waals surface area contributed by atoms with Gasteiger partial charge in [0.15, 0.2) is 11.5 Å². The number of rotatable bonds is 8. The van der Waals surface area contributed by atoms with Crippen LogP contribution in [0, 0.1) is 19.6 Å². The van der Waals surface area contributed by atoms with Crippen LogP contribution in [0.2, 0.25) is 0 Å². The summed E-state index contributed by atoms with van der Waals surface area (Å²) in [5.41, 5.74) is 6.52. The van der Waals surface area contributed by atoms with Gasteiger partial charge in [-0.05, 0) is 99.6 Å². The lowest BCUT2D eigenvalue weighted by atomic mass is 9.77. The first kappa shape index (κ1) is 27.0. The minimum atomic E-state index is -0.416. The summed E-state index contributed by atoms with van der Waals surface area (Å²) in [5.74, 6) is 2.18. The highest BCUT2D eigenvalue weighted by molar-refractivity contribution is 14.1. The second kappa shape index (κ2) is 11.7. The SMILES string of the molecule is COc1cc(C=Nc2ccc([C@@H]3Nc4ccccc4[C@H]4C=CC[C@@H]43)cc2)cc(I)c1OCc1ccc([N+](=O)[O-])cc1. The molecule has 3 atom stereocenters. The Balaban J connectivity index is 1.15. The van der Waals surface area contributed by atoms with Gasteiger partial charge in [0.05, 0.1) is 27.3 Å². The fourth-order valence-corrected chi connectivity index (χ4v) is 6.40. The molecule has 41 heavy (non-hydrogen) atoms. The van der Waals surface area contributed by atoms with Gasteiger partial charge in [-0.3, -0.25) is 15.1 Å². The molecule has 0 spiro atoms. The van der Waals surface area contributed by atoms with Gasteiger partial charge in [0.25, 0.3) is 5.69 Å². The Morgan fingerprint density at radius 2 is 1.85 bits per heavy atom. The Labute approximate surface area is 252 Å². The Morgan fingerprint density at radius 3 is 2.61 bits per heavy atom. The van der Waals surface area contributed by atoms with Crippen LogP contribution in [0.5, 0.6) is 11.5 Å². The van der Waals surface area contributed by atoms with E-state index in [1.54, 1.807) is 19.2 Å². The Morgan fingerprint density at radius 1 is 1.07 bits per heavy atom. The maximum absolute atomic E-state index is 10.9. The third-order valence-corrected chi connectivity index (χ3v) is 8.47. The highest BCUT2D eigenvalue weighted by Gasteiger charge is 2.37. The summed E-state index contributed by atoms with van der Waals surface area (Å²) in [4.78, 5) is 15.2. The number of nitro benzene ring substituents is 1. The molecule has 6 rings (SSSR count). The second-order valence-corrected chi connectivity index (χ2v) is 11.3. The summed E-state index contributed by atoms with van der Waals surface area (Å²) in [7, 11) is 1.60. The zero-order chi connectivity index (χ0) is 28.3. The maximum atomic E-state index is 10.9. The fourth-order valence-electron chi connectivity index (χ4n) is 5.61. The van der Waals surface area contributed by atoms with Crippen molar-refractivity contribution in [2.45, 2.75) is 25.0 Å². The largest absolute Gasteiger partial charge is 0.493 e. The topological polar surface area (TPSA) is 86.0 Å². The van der Waals surface area contributed by atoms with Crippen LogP contribution >= 0.6 is 22.6 Å². The minimum Gasteiger partial charge on any atom is -0.493 e. The number of nitrogens with zero attached hydrogens (tertiary/aromatic N) is 2. The van der Waals surface area contributed by atoms with Gasteiger partial charge in [0, 0.05) is 30.0 Å². The predicted molar refractivity (Wildman–Crippen MR) is 170 cm³/mol. The van der Waals surface area contributed by atoms with Gasteiger partial charge in [0.2, 0.25) is 0 Å². The number of aliphatic imine (C=N–C) groups is 1. The number of hydrogen-bond donors (Lipinski definition) is 1. The second-order valence-electron chi connectivity index (χ2n) is 10.2. The molecule has 4 aromatic rings. The van der Waals surface area contributed by atoms with Crippen LogP contribution in [-0.2, 0) is 6.61 Å². The lowest BCUT2D eigenvalue weighted by molar-refractivity contribution is -0.384. The fraction of sp³-hybridized carbons (Fsp3) is 0.182. The number of allylic oxidation sites excluding steroid dienone is 2. The molecule has 1 aliphatic heterocycles. The molecule has 2 aliphatic rings. The van der Waals surface area contributed by atoms with Crippen LogP contribution in [-0.4, -0.2) is 18.2 Å². The average molecular weight is 658 g/mol. The molecule has 8 heteroatoms. The first-order valence-corrected chi connectivity index (χ1v) is 14.5. The number of nitrogens with one attached hydrogen (secondary N) is 1. The van der Waals surface area contributed by atoms with Crippen molar-refractivity contribution in [2.24, 2.45) is 10.9 Å². The smallest absolute Gasteiger partial charge is 0.269 e. The summed E-state index contributed by atoms with van der Waals surface area (Å²) in [5, 5.41) is 14.7. The molecule has 0 saturated heterocycles. The van der Waals surface area contributed by atoms with Gasteiger partial charge in [0.1, 0.15) is 6.61 Å². The summed E-state index contributed by atoms with van der Waals surface area (Å²) in [6.07, 6.45) is 7.57. The summed E-state index contributed by atoms with van der Waals surface area (Å²) in [6.45, 7) is 0.267. The molecular weight excluding hydrogens is 629 g/mol. The van der Waals surface area contributed by atoms with E-state index in [1.807, 2.05) is 18.3 Å². The van der Waals surface area contributed by atoms with Gasteiger partial charge >= 0.3 is 0 Å². The van der Waals surface area contributed by atoms with Crippen LogP contribution in [0.3, 0.4) is 0 Å². The van der Waals surface area contributed by atoms with Gasteiger partial charge in [-0.2, -0.15) is 0 Å². The minimum absolute atomic E-state index is 0.0513. The first-order chi connectivity index (χ1) is 20.0. The molecule has 1 N–H and O–H groups in total. The molecule has 0 bridgehead atoms. The molecule has 0 aromatic heterocycles. The summed E-state index contributed by atoms with van der Waals surface area (Å²) < 4.78 is 12.5. The molecule has 1 aliphatic carbocycles. The monoisotopic (exact) mass is 657 g/mol. The molecule has 7 nitrogen and oxygen atoms in total. The van der Waals surface area contributed by atoms with Crippen molar-refractivity contribution in [3.05, 3.63) is 133 Å². The van der Waals surface area contributed by atoms with Crippen LogP contribution < -0.4 is 14.8 Å². The van der Waals surface area contributed by atoms with Crippen molar-refractivity contribution < 1.29 is 14.4 Å². The van der Waals surface area contributed by atoms with Crippen molar-refractivity contribution in [1.29, 1.82) is 0 Å². The number of hydrogen-bond acceptors (Lipinski definition) is 6. The van der Waals surface area contributed by atoms with E-state index < -0.39 is 4.92 Å². The van der Waals surface area contributed by atoms with E-state index in [2.05, 4.69) is 88.6 Å². The zero-order valence-electron chi connectivity index (χ0n) is 22.4. The zero-order valence-corrected chi connectivity index (χ0v) is 24.5. The van der Waals surface area contributed by atoms with E-state index in [4.69, 9.17) is 14.5 Å². The molecule has 0 amide bonds. The molecule has 1 heterocycles. The molecular formula is C33H28IN3O4. The standard InChI is InChI=1S/C33H28IN3O4/c1-40-31-18-22(17-29(34)33(31)41-20-21-9-15-25(16-10-21)37(38)39)19-35-24-13-11-23(12-14-24)32-28-7-4-6-26(28)27-5-2-3-8-30(27)36-32/h2-6,8-19,26,28,32,36H,7,20H2,1H3/t26-,28+,32+/m1/s1. The van der Waals surface area contributed by atoms with Gasteiger partial charge in [-0.15, -0.1) is 0 Å². The van der Waals surface area contributed by atoms with E-state index in [0.717, 1.165) is 26.8 Å². The number of methoxy groups -OCH3 is 1. The van der Waals surface area contributed by atoms with E-state index >= 15 is 0 Å². The van der Waals surface area contributed by atoms with Crippen LogP contribution in [0.1, 0.15) is 40.6 Å². The molecule has 0 fully saturated rings. The highest BCUT2D eigenvalue weighted by atomic mass is 127. The number of halogens is 1. The van der Waals surface area contributed by atoms with E-state index in [1.165, 1.54) is 28.9 Å². The van der Waals surface area contributed by atoms with Crippen molar-refractivity contribution in [2.75, 3.05) is 12.4 Å². The number of non-ortho nitro benzene ring substituents is 1. The van der Waals surface area contributed by atoms with Crippen molar-refractivity contribution in [1.82, 2.24) is 0 Å². The first-order valence-electron chi connectivity index (χ1n) is 13.4. The maximum Gasteiger partial charge on any atom is 0.269 e. The number of para-hydroxylation sites is 1. The van der Waals surface area contributed by atoms with Crippen molar-refractivity contribution >= 4 is 45.9 Å². The Bertz CT molecular complexity index is 1630. The quantitative estimate of drug-likeness (QED) is 0.0677. The van der Waals surface area contributed by atoms with Crippen LogP contribution in [0.15, 0.2) is 102 Å². The third-order valence-electron chi connectivity index (χ3n) is 7.67. The van der Waals surface area contributed by atoms with Gasteiger partial charge in [-0.25, -0.2) is 0 Å². The van der Waals surface area contributed by atoms with E-state index in [0.29, 0.717) is 23.3 Å². The van der Waals surface area contributed by atoms with Crippen LogP contribution in [0.25, 0.3) is 0 Å². The average Bonchev–Trinajstić information content (AvgIpc) is 3.50. The Kier molecular flexibility index (Phi) is 7.74. The lowest BCUT2D eigenvalue weighted by Crippen LogP contribution is -2.28. The number of benzene rings is 4. The highest BCUT2D eigenvalue weighted by Crippen LogP contribution is 2.49. The van der Waals surface area contributed by atoms with E-state index in [-0.39, 0.29) is 18.3 Å². The van der Waals surface area contributed by atoms with E-state index in [9.17, 15) is 10.1 Å². The Hall–Kier alpha value is -4.18. The number of nitro groups is 1.